The number of hydrogen-bond donors (Lipinski definition) is 0. The second kappa shape index (κ2) is 6.81. The number of nitriles is 1. The fourth-order valence-electron chi connectivity index (χ4n) is 3.19. The highest BCUT2D eigenvalue weighted by molar-refractivity contribution is 7.89. The number of para-hydroxylation sites is 1. The zero-order valence-corrected chi connectivity index (χ0v) is 15.6. The van der Waals surface area contributed by atoms with E-state index in [0.717, 1.165) is 5.69 Å². The van der Waals surface area contributed by atoms with Crippen molar-refractivity contribution in [2.75, 3.05) is 31.1 Å². The molecule has 0 amide bonds. The van der Waals surface area contributed by atoms with Crippen molar-refractivity contribution >= 4 is 38.3 Å². The third-order valence-corrected chi connectivity index (χ3v) is 6.94. The summed E-state index contributed by atoms with van der Waals surface area (Å²) in [5, 5.41) is 16.7. The SMILES string of the molecule is N#Cc1ccccc1N1CCN(S(=O)(=O)c2c(Cl)ccc3nonc23)CC1. The summed E-state index contributed by atoms with van der Waals surface area (Å²) in [6.07, 6.45) is 0. The number of piperazine rings is 1. The van der Waals surface area contributed by atoms with Crippen molar-refractivity contribution in [3.05, 3.63) is 47.0 Å². The Morgan fingerprint density at radius 1 is 1.07 bits per heavy atom. The first-order valence-electron chi connectivity index (χ1n) is 8.17. The van der Waals surface area contributed by atoms with Crippen molar-refractivity contribution in [1.29, 1.82) is 5.26 Å². The molecule has 0 saturated carbocycles. The van der Waals surface area contributed by atoms with E-state index < -0.39 is 10.0 Å². The molecule has 3 aromatic rings. The van der Waals surface area contributed by atoms with E-state index in [2.05, 4.69) is 21.0 Å². The lowest BCUT2D eigenvalue weighted by atomic mass is 10.1. The normalized spacial score (nSPS) is 15.8. The van der Waals surface area contributed by atoms with Gasteiger partial charge in [-0.15, -0.1) is 0 Å². The second-order valence-corrected chi connectivity index (χ2v) is 8.31. The zero-order chi connectivity index (χ0) is 19.0. The molecule has 1 fully saturated rings. The molecule has 10 heteroatoms. The summed E-state index contributed by atoms with van der Waals surface area (Å²) in [5.74, 6) is 0. The van der Waals surface area contributed by atoms with Gasteiger partial charge in [-0.05, 0) is 34.6 Å². The number of fused-ring (bicyclic) bond motifs is 1. The molecule has 1 aliphatic heterocycles. The summed E-state index contributed by atoms with van der Waals surface area (Å²) in [5.41, 5.74) is 1.83. The van der Waals surface area contributed by atoms with Crippen LogP contribution in [0.2, 0.25) is 5.02 Å². The third-order valence-electron chi connectivity index (χ3n) is 4.54. The monoisotopic (exact) mass is 403 g/mol. The van der Waals surface area contributed by atoms with Gasteiger partial charge >= 0.3 is 0 Å². The average Bonchev–Trinajstić information content (AvgIpc) is 3.16. The van der Waals surface area contributed by atoms with E-state index >= 15 is 0 Å². The number of nitrogens with zero attached hydrogens (tertiary/aromatic N) is 5. The van der Waals surface area contributed by atoms with E-state index in [-0.39, 0.29) is 28.5 Å². The van der Waals surface area contributed by atoms with Crippen LogP contribution >= 0.6 is 11.6 Å². The minimum atomic E-state index is -3.86. The third kappa shape index (κ3) is 3.02. The summed E-state index contributed by atoms with van der Waals surface area (Å²) < 4.78 is 32.3. The lowest BCUT2D eigenvalue weighted by Gasteiger charge is -2.35. The minimum absolute atomic E-state index is 0.0791. The van der Waals surface area contributed by atoms with Gasteiger partial charge in [-0.1, -0.05) is 23.7 Å². The Morgan fingerprint density at radius 3 is 2.56 bits per heavy atom. The van der Waals surface area contributed by atoms with E-state index in [9.17, 15) is 13.7 Å². The number of rotatable bonds is 3. The fourth-order valence-corrected chi connectivity index (χ4v) is 5.24. The Labute approximate surface area is 160 Å². The molecule has 1 saturated heterocycles. The Hall–Kier alpha value is -2.67. The van der Waals surface area contributed by atoms with Crippen LogP contribution in [-0.4, -0.2) is 49.2 Å². The molecule has 0 spiro atoms. The summed E-state index contributed by atoms with van der Waals surface area (Å²) in [7, 11) is -3.86. The molecular weight excluding hydrogens is 390 g/mol. The van der Waals surface area contributed by atoms with Crippen LogP contribution in [-0.2, 0) is 10.0 Å². The predicted molar refractivity (Wildman–Crippen MR) is 98.9 cm³/mol. The van der Waals surface area contributed by atoms with Crippen LogP contribution in [0.15, 0.2) is 45.9 Å². The molecule has 0 bridgehead atoms. The molecule has 0 N–H and O–H groups in total. The maximum absolute atomic E-state index is 13.1. The maximum Gasteiger partial charge on any atom is 0.247 e. The van der Waals surface area contributed by atoms with Crippen molar-refractivity contribution in [2.45, 2.75) is 4.90 Å². The summed E-state index contributed by atoms with van der Waals surface area (Å²) in [4.78, 5) is 1.92. The minimum Gasteiger partial charge on any atom is -0.368 e. The van der Waals surface area contributed by atoms with Crippen molar-refractivity contribution < 1.29 is 13.0 Å². The van der Waals surface area contributed by atoms with Gasteiger partial charge in [-0.25, -0.2) is 13.0 Å². The van der Waals surface area contributed by atoms with E-state index in [1.54, 1.807) is 18.2 Å². The summed E-state index contributed by atoms with van der Waals surface area (Å²) >= 11 is 6.17. The number of anilines is 1. The standard InChI is InChI=1S/C17H14ClN5O3S/c18-13-5-6-14-16(21-26-20-14)17(13)27(24,25)23-9-7-22(8-10-23)15-4-2-1-3-12(15)11-19/h1-6H,7-10H2. The molecule has 2 aromatic carbocycles. The Bertz CT molecular complexity index is 1150. The van der Waals surface area contributed by atoms with Gasteiger partial charge in [-0.2, -0.15) is 9.57 Å². The molecule has 2 heterocycles. The molecule has 138 valence electrons. The summed E-state index contributed by atoms with van der Waals surface area (Å²) in [6.45, 7) is 1.45. The fraction of sp³-hybridized carbons (Fsp3) is 0.235. The molecule has 0 atom stereocenters. The Morgan fingerprint density at radius 2 is 1.81 bits per heavy atom. The number of halogens is 1. The Balaban J connectivity index is 1.62. The lowest BCUT2D eigenvalue weighted by molar-refractivity contribution is 0.315. The van der Waals surface area contributed by atoms with Gasteiger partial charge in [0.1, 0.15) is 16.5 Å². The highest BCUT2D eigenvalue weighted by atomic mass is 35.5. The van der Waals surface area contributed by atoms with E-state index in [4.69, 9.17) is 11.6 Å². The first-order valence-corrected chi connectivity index (χ1v) is 9.99. The van der Waals surface area contributed by atoms with Crippen LogP contribution in [0.4, 0.5) is 5.69 Å². The molecule has 0 aliphatic carbocycles. The molecule has 8 nitrogen and oxygen atoms in total. The number of sulfonamides is 1. The van der Waals surface area contributed by atoms with Crippen molar-refractivity contribution in [2.24, 2.45) is 0 Å². The Kier molecular flexibility index (Phi) is 4.47. The first-order chi connectivity index (χ1) is 13.0. The van der Waals surface area contributed by atoms with Crippen LogP contribution < -0.4 is 4.90 Å². The van der Waals surface area contributed by atoms with Gasteiger partial charge in [0.25, 0.3) is 0 Å². The van der Waals surface area contributed by atoms with Crippen LogP contribution in [0, 0.1) is 11.3 Å². The van der Waals surface area contributed by atoms with Gasteiger partial charge in [-0.3, -0.25) is 0 Å². The number of aromatic nitrogens is 2. The topological polar surface area (TPSA) is 103 Å². The van der Waals surface area contributed by atoms with Crippen molar-refractivity contribution in [1.82, 2.24) is 14.6 Å². The molecule has 0 unspecified atom stereocenters. The van der Waals surface area contributed by atoms with E-state index in [1.165, 1.54) is 10.4 Å². The maximum atomic E-state index is 13.1. The van der Waals surface area contributed by atoms with Crippen molar-refractivity contribution in [3.8, 4) is 6.07 Å². The van der Waals surface area contributed by atoms with Crippen LogP contribution in [0.1, 0.15) is 5.56 Å². The highest BCUT2D eigenvalue weighted by Gasteiger charge is 2.33. The van der Waals surface area contributed by atoms with Crippen LogP contribution in [0.5, 0.6) is 0 Å². The van der Waals surface area contributed by atoms with Gasteiger partial charge in [0.2, 0.25) is 10.0 Å². The number of benzene rings is 2. The molecule has 27 heavy (non-hydrogen) atoms. The average molecular weight is 404 g/mol. The summed E-state index contributed by atoms with van der Waals surface area (Å²) in [6, 6.07) is 12.5. The molecule has 1 aliphatic rings. The van der Waals surface area contributed by atoms with Crippen molar-refractivity contribution in [3.63, 3.8) is 0 Å². The van der Waals surface area contributed by atoms with E-state index in [1.807, 2.05) is 17.0 Å². The van der Waals surface area contributed by atoms with Gasteiger partial charge in [0, 0.05) is 26.2 Å². The molecule has 0 radical (unpaired) electrons. The van der Waals surface area contributed by atoms with Gasteiger partial charge in [0.05, 0.1) is 16.3 Å². The van der Waals surface area contributed by atoms with Gasteiger partial charge in [0.15, 0.2) is 5.52 Å². The smallest absolute Gasteiger partial charge is 0.247 e. The zero-order valence-electron chi connectivity index (χ0n) is 14.0. The highest BCUT2D eigenvalue weighted by Crippen LogP contribution is 2.32. The quantitative estimate of drug-likeness (QED) is 0.660. The molecular formula is C17H14ClN5O3S. The lowest BCUT2D eigenvalue weighted by Crippen LogP contribution is -2.49. The first kappa shape index (κ1) is 17.7. The second-order valence-electron chi connectivity index (χ2n) is 6.03. The van der Waals surface area contributed by atoms with Crippen LogP contribution in [0.3, 0.4) is 0 Å². The number of hydrogen-bond acceptors (Lipinski definition) is 7. The van der Waals surface area contributed by atoms with Gasteiger partial charge < -0.3 is 4.90 Å². The van der Waals surface area contributed by atoms with E-state index in [0.29, 0.717) is 24.2 Å². The predicted octanol–water partition coefficient (Wildman–Crippen LogP) is 2.26. The van der Waals surface area contributed by atoms with Crippen LogP contribution in [0.25, 0.3) is 11.0 Å². The largest absolute Gasteiger partial charge is 0.368 e. The molecule has 1 aromatic heterocycles. The molecule has 4 rings (SSSR count).